The summed E-state index contributed by atoms with van der Waals surface area (Å²) >= 11 is 0. The Morgan fingerprint density at radius 1 is 1.17 bits per heavy atom. The molecule has 2 aromatic rings. The van der Waals surface area contributed by atoms with Crippen LogP contribution in [0.4, 0.5) is 5.69 Å². The summed E-state index contributed by atoms with van der Waals surface area (Å²) in [7, 11) is -3.64. The van der Waals surface area contributed by atoms with Crippen LogP contribution in [0.25, 0.3) is 0 Å². The third-order valence-electron chi connectivity index (χ3n) is 5.10. The van der Waals surface area contributed by atoms with E-state index in [1.807, 2.05) is 19.9 Å². The first kappa shape index (κ1) is 21.2. The first-order chi connectivity index (χ1) is 13.8. The van der Waals surface area contributed by atoms with Crippen molar-refractivity contribution in [3.8, 4) is 5.75 Å². The summed E-state index contributed by atoms with van der Waals surface area (Å²) < 4.78 is 31.2. The van der Waals surface area contributed by atoms with E-state index in [-0.39, 0.29) is 18.5 Å². The second-order valence-corrected chi connectivity index (χ2v) is 9.28. The maximum absolute atomic E-state index is 12.7. The van der Waals surface area contributed by atoms with E-state index in [2.05, 4.69) is 17.4 Å². The third kappa shape index (κ3) is 5.29. The highest BCUT2D eigenvalue weighted by Gasteiger charge is 2.23. The van der Waals surface area contributed by atoms with Crippen molar-refractivity contribution < 1.29 is 17.9 Å². The van der Waals surface area contributed by atoms with Gasteiger partial charge >= 0.3 is 0 Å². The van der Waals surface area contributed by atoms with E-state index >= 15 is 0 Å². The van der Waals surface area contributed by atoms with Crippen molar-refractivity contribution in [1.29, 1.82) is 0 Å². The minimum atomic E-state index is -3.64. The summed E-state index contributed by atoms with van der Waals surface area (Å²) in [6.45, 7) is 3.95. The van der Waals surface area contributed by atoms with Gasteiger partial charge in [0, 0.05) is 6.07 Å². The SMILES string of the molecule is CCOc1cccc(N(CC(=O)N[C@H](C)c2ccc3c(c2)CCC3)S(C)(=O)=O)c1. The minimum Gasteiger partial charge on any atom is -0.494 e. The highest BCUT2D eigenvalue weighted by Crippen LogP contribution is 2.26. The van der Waals surface area contributed by atoms with Crippen molar-refractivity contribution in [2.24, 2.45) is 0 Å². The number of carbonyl (C=O) groups is 1. The maximum Gasteiger partial charge on any atom is 0.241 e. The van der Waals surface area contributed by atoms with Crippen molar-refractivity contribution in [3.05, 3.63) is 59.2 Å². The number of ether oxygens (including phenoxy) is 1. The van der Waals surface area contributed by atoms with E-state index in [0.717, 1.165) is 29.0 Å². The zero-order valence-corrected chi connectivity index (χ0v) is 18.0. The highest BCUT2D eigenvalue weighted by atomic mass is 32.2. The summed E-state index contributed by atoms with van der Waals surface area (Å²) in [6.07, 6.45) is 4.45. The van der Waals surface area contributed by atoms with Gasteiger partial charge in [-0.15, -0.1) is 0 Å². The number of aryl methyl sites for hydroxylation is 2. The van der Waals surface area contributed by atoms with Crippen molar-refractivity contribution in [3.63, 3.8) is 0 Å². The van der Waals surface area contributed by atoms with Crippen LogP contribution in [0.15, 0.2) is 42.5 Å². The fraction of sp³-hybridized carbons (Fsp3) is 0.409. The molecule has 0 radical (unpaired) electrons. The number of carbonyl (C=O) groups excluding carboxylic acids is 1. The molecule has 0 aromatic heterocycles. The van der Waals surface area contributed by atoms with Gasteiger partial charge in [0.15, 0.2) is 0 Å². The van der Waals surface area contributed by atoms with Gasteiger partial charge < -0.3 is 10.1 Å². The lowest BCUT2D eigenvalue weighted by atomic mass is 10.0. The Bertz CT molecular complexity index is 988. The molecule has 6 nitrogen and oxygen atoms in total. The monoisotopic (exact) mass is 416 g/mol. The normalized spacial score (nSPS) is 14.2. The van der Waals surface area contributed by atoms with Crippen molar-refractivity contribution >= 4 is 21.6 Å². The van der Waals surface area contributed by atoms with Gasteiger partial charge in [0.1, 0.15) is 12.3 Å². The zero-order valence-electron chi connectivity index (χ0n) is 17.1. The van der Waals surface area contributed by atoms with Crippen LogP contribution in [-0.4, -0.2) is 33.7 Å². The van der Waals surface area contributed by atoms with Crippen molar-refractivity contribution in [1.82, 2.24) is 5.32 Å². The molecule has 1 atom stereocenters. The number of nitrogens with zero attached hydrogens (tertiary/aromatic N) is 1. The quantitative estimate of drug-likeness (QED) is 0.717. The van der Waals surface area contributed by atoms with Crippen LogP contribution >= 0.6 is 0 Å². The summed E-state index contributed by atoms with van der Waals surface area (Å²) in [5.41, 5.74) is 4.15. The molecule has 7 heteroatoms. The molecule has 1 aliphatic rings. The molecule has 0 saturated carbocycles. The second-order valence-electron chi connectivity index (χ2n) is 7.37. The number of benzene rings is 2. The number of anilines is 1. The molecule has 29 heavy (non-hydrogen) atoms. The van der Waals surface area contributed by atoms with Crippen molar-refractivity contribution in [2.75, 3.05) is 23.7 Å². The molecule has 0 unspecified atom stereocenters. The number of amides is 1. The van der Waals surface area contributed by atoms with Gasteiger partial charge in [0.2, 0.25) is 15.9 Å². The molecule has 0 spiro atoms. The number of rotatable bonds is 8. The molecule has 0 saturated heterocycles. The molecule has 0 heterocycles. The Hall–Kier alpha value is -2.54. The summed E-state index contributed by atoms with van der Waals surface area (Å²) in [5.74, 6) is 0.204. The molecule has 156 valence electrons. The predicted molar refractivity (Wildman–Crippen MR) is 115 cm³/mol. The first-order valence-electron chi connectivity index (χ1n) is 9.89. The standard InChI is InChI=1S/C22H28N2O4S/c1-4-28-21-10-6-9-20(14-21)24(29(3,26)27)15-22(25)23-16(2)18-12-11-17-7-5-8-19(17)13-18/h6,9-14,16H,4-5,7-8,15H2,1-3H3,(H,23,25)/t16-/m1/s1. The van der Waals surface area contributed by atoms with Gasteiger partial charge in [0.25, 0.3) is 0 Å². The second kappa shape index (κ2) is 8.86. The minimum absolute atomic E-state index is 0.204. The van der Waals surface area contributed by atoms with Crippen LogP contribution in [0.3, 0.4) is 0 Å². The molecule has 0 fully saturated rings. The first-order valence-corrected chi connectivity index (χ1v) is 11.7. The predicted octanol–water partition coefficient (Wildman–Crippen LogP) is 3.22. The number of nitrogens with one attached hydrogen (secondary N) is 1. The van der Waals surface area contributed by atoms with Crippen molar-refractivity contribution in [2.45, 2.75) is 39.2 Å². The smallest absolute Gasteiger partial charge is 0.241 e. The molecule has 1 aliphatic carbocycles. The van der Waals surface area contributed by atoms with Gasteiger partial charge in [-0.05, 0) is 61.9 Å². The highest BCUT2D eigenvalue weighted by molar-refractivity contribution is 7.92. The van der Waals surface area contributed by atoms with Crippen LogP contribution in [0.5, 0.6) is 5.75 Å². The Morgan fingerprint density at radius 3 is 2.66 bits per heavy atom. The molecular formula is C22H28N2O4S. The molecule has 1 N–H and O–H groups in total. The third-order valence-corrected chi connectivity index (χ3v) is 6.24. The summed E-state index contributed by atoms with van der Waals surface area (Å²) in [4.78, 5) is 12.7. The lowest BCUT2D eigenvalue weighted by Gasteiger charge is -2.24. The summed E-state index contributed by atoms with van der Waals surface area (Å²) in [6, 6.07) is 12.9. The molecular weight excluding hydrogens is 388 g/mol. The van der Waals surface area contributed by atoms with E-state index in [9.17, 15) is 13.2 Å². The Morgan fingerprint density at radius 2 is 1.93 bits per heavy atom. The Labute approximate surface area is 172 Å². The van der Waals surface area contributed by atoms with Crippen LogP contribution in [0.1, 0.15) is 43.0 Å². The van der Waals surface area contributed by atoms with Crippen LogP contribution in [-0.2, 0) is 27.7 Å². The molecule has 0 bridgehead atoms. The van der Waals surface area contributed by atoms with E-state index < -0.39 is 10.0 Å². The van der Waals surface area contributed by atoms with Crippen LogP contribution < -0.4 is 14.4 Å². The molecule has 1 amide bonds. The number of hydrogen-bond donors (Lipinski definition) is 1. The maximum atomic E-state index is 12.7. The van der Waals surface area contributed by atoms with Crippen LogP contribution in [0, 0.1) is 0 Å². The summed E-state index contributed by atoms with van der Waals surface area (Å²) in [5, 5.41) is 2.92. The number of fused-ring (bicyclic) bond motifs is 1. The fourth-order valence-corrected chi connectivity index (χ4v) is 4.51. The van der Waals surface area contributed by atoms with E-state index in [0.29, 0.717) is 18.0 Å². The number of sulfonamides is 1. The average molecular weight is 417 g/mol. The molecule has 0 aliphatic heterocycles. The van der Waals surface area contributed by atoms with Gasteiger partial charge in [0.05, 0.1) is 24.6 Å². The Kier molecular flexibility index (Phi) is 6.47. The largest absolute Gasteiger partial charge is 0.494 e. The lowest BCUT2D eigenvalue weighted by Crippen LogP contribution is -2.41. The molecule has 2 aromatic carbocycles. The van der Waals surface area contributed by atoms with Gasteiger partial charge in [-0.2, -0.15) is 0 Å². The van der Waals surface area contributed by atoms with Gasteiger partial charge in [-0.3, -0.25) is 9.10 Å². The Balaban J connectivity index is 1.73. The molecule has 3 rings (SSSR count). The average Bonchev–Trinajstić information content (AvgIpc) is 3.13. The van der Waals surface area contributed by atoms with E-state index in [1.54, 1.807) is 24.3 Å². The van der Waals surface area contributed by atoms with E-state index in [4.69, 9.17) is 4.74 Å². The van der Waals surface area contributed by atoms with E-state index in [1.165, 1.54) is 17.5 Å². The topological polar surface area (TPSA) is 75.7 Å². The zero-order chi connectivity index (χ0) is 21.0. The fourth-order valence-electron chi connectivity index (χ4n) is 3.66. The van der Waals surface area contributed by atoms with Gasteiger partial charge in [-0.1, -0.05) is 24.3 Å². The number of hydrogen-bond acceptors (Lipinski definition) is 4. The van der Waals surface area contributed by atoms with Crippen LogP contribution in [0.2, 0.25) is 0 Å². The lowest BCUT2D eigenvalue weighted by molar-refractivity contribution is -0.120. The van der Waals surface area contributed by atoms with Gasteiger partial charge in [-0.25, -0.2) is 8.42 Å².